The van der Waals surface area contributed by atoms with Gasteiger partial charge in [0.05, 0.1) is 17.5 Å². The molecule has 0 aromatic carbocycles. The number of hydrogen-bond acceptors (Lipinski definition) is 4. The van der Waals surface area contributed by atoms with Crippen molar-refractivity contribution in [1.82, 2.24) is 10.3 Å². The Morgan fingerprint density at radius 2 is 1.92 bits per heavy atom. The summed E-state index contributed by atoms with van der Waals surface area (Å²) in [4.78, 5) is 16.9. The molecule has 7 heteroatoms. The summed E-state index contributed by atoms with van der Waals surface area (Å²) in [6.45, 7) is 1.85. The van der Waals surface area contributed by atoms with Crippen molar-refractivity contribution < 1.29 is 9.21 Å². The molecule has 1 aliphatic rings. The Morgan fingerprint density at radius 3 is 2.50 bits per heavy atom. The van der Waals surface area contributed by atoms with Crippen molar-refractivity contribution in [2.75, 3.05) is 0 Å². The minimum atomic E-state index is -0.0588. The van der Waals surface area contributed by atoms with E-state index >= 15 is 0 Å². The SMILES string of the molecule is Cc1nc(-c2ccco2)ccc1C(=O)NC1CCC(N)CC1.Cl.Cl. The molecule has 24 heavy (non-hydrogen) atoms. The summed E-state index contributed by atoms with van der Waals surface area (Å²) >= 11 is 0. The van der Waals surface area contributed by atoms with E-state index in [-0.39, 0.29) is 42.8 Å². The summed E-state index contributed by atoms with van der Waals surface area (Å²) in [5.41, 5.74) is 7.96. The van der Waals surface area contributed by atoms with Crippen molar-refractivity contribution in [3.63, 3.8) is 0 Å². The summed E-state index contributed by atoms with van der Waals surface area (Å²) in [6, 6.07) is 7.80. The molecule has 0 radical (unpaired) electrons. The van der Waals surface area contributed by atoms with Gasteiger partial charge in [-0.2, -0.15) is 0 Å². The highest BCUT2D eigenvalue weighted by Crippen LogP contribution is 2.21. The van der Waals surface area contributed by atoms with E-state index in [0.717, 1.165) is 31.4 Å². The third-order valence-electron chi connectivity index (χ3n) is 4.21. The first-order valence-electron chi connectivity index (χ1n) is 7.71. The molecule has 0 bridgehead atoms. The second-order valence-corrected chi connectivity index (χ2v) is 5.89. The smallest absolute Gasteiger partial charge is 0.253 e. The van der Waals surface area contributed by atoms with Gasteiger partial charge in [0.2, 0.25) is 0 Å². The van der Waals surface area contributed by atoms with Crippen LogP contribution in [0.5, 0.6) is 0 Å². The van der Waals surface area contributed by atoms with Crippen molar-refractivity contribution in [2.45, 2.75) is 44.7 Å². The van der Waals surface area contributed by atoms with Crippen molar-refractivity contribution >= 4 is 30.7 Å². The third-order valence-corrected chi connectivity index (χ3v) is 4.21. The van der Waals surface area contributed by atoms with Crippen molar-refractivity contribution in [3.8, 4) is 11.5 Å². The number of pyridine rings is 1. The van der Waals surface area contributed by atoms with Gasteiger partial charge >= 0.3 is 0 Å². The number of nitrogens with two attached hydrogens (primary N) is 1. The molecule has 0 atom stereocenters. The van der Waals surface area contributed by atoms with E-state index < -0.39 is 0 Å². The molecule has 2 aromatic rings. The van der Waals surface area contributed by atoms with Gasteiger partial charge in [-0.25, -0.2) is 4.98 Å². The van der Waals surface area contributed by atoms with Crippen LogP contribution in [0.2, 0.25) is 0 Å². The molecule has 2 aromatic heterocycles. The standard InChI is InChI=1S/C17H21N3O2.2ClH/c1-11-14(8-9-15(19-11)16-3-2-10-22-16)17(21)20-13-6-4-12(18)5-7-13;;/h2-3,8-10,12-13H,4-7,18H2,1H3,(H,20,21);2*1H. The number of carbonyl (C=O) groups excluding carboxylic acids is 1. The summed E-state index contributed by atoms with van der Waals surface area (Å²) in [5, 5.41) is 3.09. The molecule has 0 aliphatic heterocycles. The maximum atomic E-state index is 12.4. The first-order chi connectivity index (χ1) is 10.6. The largest absolute Gasteiger partial charge is 0.463 e. The topological polar surface area (TPSA) is 81.2 Å². The number of nitrogens with one attached hydrogen (secondary N) is 1. The highest BCUT2D eigenvalue weighted by Gasteiger charge is 2.21. The van der Waals surface area contributed by atoms with Crippen molar-refractivity contribution in [1.29, 1.82) is 0 Å². The fraction of sp³-hybridized carbons (Fsp3) is 0.412. The number of halogens is 2. The number of carbonyl (C=O) groups is 1. The molecule has 1 aliphatic carbocycles. The predicted molar refractivity (Wildman–Crippen MR) is 98.9 cm³/mol. The van der Waals surface area contributed by atoms with Crippen LogP contribution in [0.25, 0.3) is 11.5 Å². The Kier molecular flexibility index (Phi) is 7.73. The van der Waals surface area contributed by atoms with Gasteiger partial charge in [0.1, 0.15) is 5.69 Å². The summed E-state index contributed by atoms with van der Waals surface area (Å²) in [5.74, 6) is 0.646. The first-order valence-corrected chi connectivity index (χ1v) is 7.71. The van der Waals surface area contributed by atoms with Gasteiger partial charge in [-0.1, -0.05) is 0 Å². The minimum absolute atomic E-state index is 0. The fourth-order valence-corrected chi connectivity index (χ4v) is 2.89. The van der Waals surface area contributed by atoms with E-state index in [4.69, 9.17) is 10.2 Å². The molecule has 3 N–H and O–H groups in total. The highest BCUT2D eigenvalue weighted by atomic mass is 35.5. The van der Waals surface area contributed by atoms with Crippen LogP contribution >= 0.6 is 24.8 Å². The molecular formula is C17H23Cl2N3O2. The lowest BCUT2D eigenvalue weighted by molar-refractivity contribution is 0.0925. The lowest BCUT2D eigenvalue weighted by Gasteiger charge is -2.27. The highest BCUT2D eigenvalue weighted by molar-refractivity contribution is 5.95. The van der Waals surface area contributed by atoms with E-state index in [0.29, 0.717) is 17.0 Å². The Hall–Kier alpha value is -1.56. The van der Waals surface area contributed by atoms with E-state index in [9.17, 15) is 4.79 Å². The lowest BCUT2D eigenvalue weighted by atomic mass is 9.91. The van der Waals surface area contributed by atoms with Crippen LogP contribution in [-0.2, 0) is 0 Å². The lowest BCUT2D eigenvalue weighted by Crippen LogP contribution is -2.40. The van der Waals surface area contributed by atoms with Gasteiger partial charge < -0.3 is 15.5 Å². The molecule has 3 rings (SSSR count). The van der Waals surface area contributed by atoms with Gasteiger partial charge in [0, 0.05) is 12.1 Å². The zero-order valence-corrected chi connectivity index (χ0v) is 15.2. The zero-order chi connectivity index (χ0) is 15.5. The maximum absolute atomic E-state index is 12.4. The van der Waals surface area contributed by atoms with Gasteiger partial charge in [0.15, 0.2) is 5.76 Å². The van der Waals surface area contributed by atoms with E-state index in [1.54, 1.807) is 6.26 Å². The minimum Gasteiger partial charge on any atom is -0.463 e. The molecule has 0 spiro atoms. The van der Waals surface area contributed by atoms with Crippen LogP contribution in [0, 0.1) is 6.92 Å². The second-order valence-electron chi connectivity index (χ2n) is 5.89. The Morgan fingerprint density at radius 1 is 1.21 bits per heavy atom. The molecule has 0 saturated heterocycles. The molecule has 1 fully saturated rings. The second kappa shape index (κ2) is 9.06. The fourth-order valence-electron chi connectivity index (χ4n) is 2.89. The maximum Gasteiger partial charge on any atom is 0.253 e. The first kappa shape index (κ1) is 20.5. The van der Waals surface area contributed by atoms with Gasteiger partial charge in [-0.15, -0.1) is 24.8 Å². The van der Waals surface area contributed by atoms with Crippen LogP contribution in [0.1, 0.15) is 41.7 Å². The summed E-state index contributed by atoms with van der Waals surface area (Å²) in [6.07, 6.45) is 5.45. The molecule has 0 unspecified atom stereocenters. The predicted octanol–water partition coefficient (Wildman–Crippen LogP) is 3.49. The molecule has 1 amide bonds. The Labute approximate surface area is 154 Å². The number of aryl methyl sites for hydroxylation is 1. The molecule has 2 heterocycles. The molecular weight excluding hydrogens is 349 g/mol. The molecule has 5 nitrogen and oxygen atoms in total. The van der Waals surface area contributed by atoms with Crippen molar-refractivity contribution in [3.05, 3.63) is 41.8 Å². The third kappa shape index (κ3) is 4.72. The quantitative estimate of drug-likeness (QED) is 0.864. The van der Waals surface area contributed by atoms with Gasteiger partial charge in [-0.05, 0) is 56.9 Å². The van der Waals surface area contributed by atoms with E-state index in [2.05, 4.69) is 10.3 Å². The van der Waals surface area contributed by atoms with Crippen LogP contribution in [-0.4, -0.2) is 23.0 Å². The number of hydrogen-bond donors (Lipinski definition) is 2. The Bertz CT molecular complexity index is 654. The number of furan rings is 1. The van der Waals surface area contributed by atoms with Crippen molar-refractivity contribution in [2.24, 2.45) is 5.73 Å². The monoisotopic (exact) mass is 371 g/mol. The van der Waals surface area contributed by atoms with Crippen LogP contribution in [0.3, 0.4) is 0 Å². The van der Waals surface area contributed by atoms with Crippen LogP contribution in [0.4, 0.5) is 0 Å². The van der Waals surface area contributed by atoms with E-state index in [1.807, 2.05) is 31.2 Å². The van der Waals surface area contributed by atoms with Gasteiger partial charge in [-0.3, -0.25) is 4.79 Å². The average molecular weight is 372 g/mol. The normalized spacial score (nSPS) is 19.8. The van der Waals surface area contributed by atoms with Gasteiger partial charge in [0.25, 0.3) is 5.91 Å². The van der Waals surface area contributed by atoms with Crippen LogP contribution < -0.4 is 11.1 Å². The number of aromatic nitrogens is 1. The molecule has 132 valence electrons. The zero-order valence-electron chi connectivity index (χ0n) is 13.5. The number of nitrogens with zero attached hydrogens (tertiary/aromatic N) is 1. The number of amides is 1. The van der Waals surface area contributed by atoms with E-state index in [1.165, 1.54) is 0 Å². The summed E-state index contributed by atoms with van der Waals surface area (Å²) < 4.78 is 5.33. The van der Waals surface area contributed by atoms with Crippen LogP contribution in [0.15, 0.2) is 34.9 Å². The Balaban J connectivity index is 0.00000144. The number of rotatable bonds is 3. The average Bonchev–Trinajstić information content (AvgIpc) is 3.03. The summed E-state index contributed by atoms with van der Waals surface area (Å²) in [7, 11) is 0. The molecule has 1 saturated carbocycles.